The first-order valence-corrected chi connectivity index (χ1v) is 10.9. The lowest BCUT2D eigenvalue weighted by atomic mass is 10.2. The van der Waals surface area contributed by atoms with E-state index < -0.39 is 0 Å². The summed E-state index contributed by atoms with van der Waals surface area (Å²) in [5.41, 5.74) is 2.19. The molecule has 0 atom stereocenters. The van der Waals surface area contributed by atoms with Crippen molar-refractivity contribution in [2.75, 3.05) is 67.5 Å². The third-order valence-corrected chi connectivity index (χ3v) is 5.63. The van der Waals surface area contributed by atoms with Crippen LogP contribution in [-0.2, 0) is 0 Å². The number of rotatable bonds is 5. The van der Waals surface area contributed by atoms with Gasteiger partial charge < -0.3 is 30.2 Å². The quantitative estimate of drug-likeness (QED) is 0.545. The van der Waals surface area contributed by atoms with Gasteiger partial charge in [-0.3, -0.25) is 9.78 Å². The summed E-state index contributed by atoms with van der Waals surface area (Å²) >= 11 is 0. The molecule has 2 fully saturated rings. The monoisotopic (exact) mass is 434 g/mol. The first kappa shape index (κ1) is 20.4. The van der Waals surface area contributed by atoms with Crippen molar-refractivity contribution >= 4 is 23.1 Å². The van der Waals surface area contributed by atoms with E-state index >= 15 is 0 Å². The van der Waals surface area contributed by atoms with E-state index in [4.69, 9.17) is 4.42 Å². The van der Waals surface area contributed by atoms with Crippen molar-refractivity contribution in [3.8, 4) is 11.6 Å². The number of carbonyl (C=O) groups excluding carboxylic acids is 1. The van der Waals surface area contributed by atoms with E-state index in [1.807, 2.05) is 24.3 Å². The van der Waals surface area contributed by atoms with Crippen molar-refractivity contribution in [1.82, 2.24) is 25.6 Å². The maximum Gasteiger partial charge on any atom is 0.293 e. The summed E-state index contributed by atoms with van der Waals surface area (Å²) in [6.45, 7) is 7.21. The molecule has 3 N–H and O–H groups in total. The lowest BCUT2D eigenvalue weighted by Crippen LogP contribution is -2.43. The molecule has 0 radical (unpaired) electrons. The van der Waals surface area contributed by atoms with Gasteiger partial charge in [0.25, 0.3) is 5.91 Å². The van der Waals surface area contributed by atoms with Gasteiger partial charge in [-0.25, -0.2) is 9.97 Å². The Morgan fingerprint density at radius 1 is 0.969 bits per heavy atom. The molecule has 32 heavy (non-hydrogen) atoms. The van der Waals surface area contributed by atoms with Crippen LogP contribution in [0.4, 0.5) is 17.2 Å². The van der Waals surface area contributed by atoms with Gasteiger partial charge in [-0.2, -0.15) is 0 Å². The molecule has 166 valence electrons. The molecule has 2 aliphatic heterocycles. The average molecular weight is 435 g/mol. The standard InChI is InChI=1S/C22H26N8O2/c31-21(28-17-14-25-5-4-18(17)29-10-6-23-7-11-29)19-15-26-22(32-19)16-2-1-3-20(27-16)30-12-8-24-9-13-30/h1-5,14-15,23-24H,6-13H2,(H,28,31). The topological polar surface area (TPSA) is 111 Å². The van der Waals surface area contributed by atoms with E-state index in [0.717, 1.165) is 63.9 Å². The first-order valence-electron chi connectivity index (χ1n) is 10.9. The number of oxazole rings is 1. The highest BCUT2D eigenvalue weighted by Gasteiger charge is 2.20. The average Bonchev–Trinajstić information content (AvgIpc) is 3.36. The third-order valence-electron chi connectivity index (χ3n) is 5.63. The minimum atomic E-state index is -0.369. The number of amides is 1. The molecule has 0 aliphatic carbocycles. The van der Waals surface area contributed by atoms with Gasteiger partial charge in [-0.05, 0) is 18.2 Å². The smallest absolute Gasteiger partial charge is 0.293 e. The minimum absolute atomic E-state index is 0.129. The van der Waals surface area contributed by atoms with Gasteiger partial charge in [-0.15, -0.1) is 0 Å². The van der Waals surface area contributed by atoms with Gasteiger partial charge in [0.05, 0.1) is 23.8 Å². The van der Waals surface area contributed by atoms with Gasteiger partial charge in [0, 0.05) is 58.6 Å². The molecular formula is C22H26N8O2. The third kappa shape index (κ3) is 4.41. The maximum absolute atomic E-state index is 12.9. The molecule has 10 nitrogen and oxygen atoms in total. The molecule has 10 heteroatoms. The van der Waals surface area contributed by atoms with Crippen LogP contribution in [-0.4, -0.2) is 73.2 Å². The Labute approximate surface area is 186 Å². The number of pyridine rings is 2. The van der Waals surface area contributed by atoms with E-state index in [9.17, 15) is 4.79 Å². The van der Waals surface area contributed by atoms with Crippen LogP contribution in [0.25, 0.3) is 11.6 Å². The molecule has 0 aromatic carbocycles. The molecule has 5 heterocycles. The SMILES string of the molecule is O=C(Nc1cnccc1N1CCNCC1)c1cnc(-c2cccc(N3CCNCC3)n2)o1. The summed E-state index contributed by atoms with van der Waals surface area (Å²) in [4.78, 5) is 30.5. The summed E-state index contributed by atoms with van der Waals surface area (Å²) in [5.74, 6) is 0.959. The molecule has 2 aliphatic rings. The fourth-order valence-electron chi connectivity index (χ4n) is 3.96. The van der Waals surface area contributed by atoms with Gasteiger partial charge >= 0.3 is 0 Å². The second-order valence-electron chi connectivity index (χ2n) is 7.73. The van der Waals surface area contributed by atoms with Crippen LogP contribution in [0.2, 0.25) is 0 Å². The highest BCUT2D eigenvalue weighted by atomic mass is 16.4. The first-order chi connectivity index (χ1) is 15.8. The van der Waals surface area contributed by atoms with Crippen molar-refractivity contribution in [1.29, 1.82) is 0 Å². The summed E-state index contributed by atoms with van der Waals surface area (Å²) in [6.07, 6.45) is 4.83. The number of nitrogens with zero attached hydrogens (tertiary/aromatic N) is 5. The highest BCUT2D eigenvalue weighted by molar-refractivity contribution is 6.04. The van der Waals surface area contributed by atoms with Crippen LogP contribution in [0, 0.1) is 0 Å². The molecule has 0 unspecified atom stereocenters. The molecule has 0 saturated carbocycles. The lowest BCUT2D eigenvalue weighted by molar-refractivity contribution is 0.0997. The number of piperazine rings is 2. The van der Waals surface area contributed by atoms with Crippen molar-refractivity contribution in [3.63, 3.8) is 0 Å². The largest absolute Gasteiger partial charge is 0.429 e. The number of aromatic nitrogens is 3. The van der Waals surface area contributed by atoms with Gasteiger partial charge in [-0.1, -0.05) is 6.07 Å². The predicted molar refractivity (Wildman–Crippen MR) is 122 cm³/mol. The summed E-state index contributed by atoms with van der Waals surface area (Å²) in [6, 6.07) is 7.66. The zero-order valence-electron chi connectivity index (χ0n) is 17.8. The second-order valence-corrected chi connectivity index (χ2v) is 7.73. The highest BCUT2D eigenvalue weighted by Crippen LogP contribution is 2.26. The predicted octanol–water partition coefficient (Wildman–Crippen LogP) is 1.20. The molecule has 0 bridgehead atoms. The van der Waals surface area contributed by atoms with Gasteiger partial charge in [0.1, 0.15) is 11.5 Å². The zero-order valence-corrected chi connectivity index (χ0v) is 17.8. The molecule has 5 rings (SSSR count). The number of carbonyl (C=O) groups is 1. The Morgan fingerprint density at radius 2 is 1.72 bits per heavy atom. The minimum Gasteiger partial charge on any atom is -0.429 e. The van der Waals surface area contributed by atoms with E-state index in [0.29, 0.717) is 17.3 Å². The number of hydrogen-bond acceptors (Lipinski definition) is 9. The number of anilines is 3. The Kier molecular flexibility index (Phi) is 5.95. The van der Waals surface area contributed by atoms with E-state index in [1.54, 1.807) is 12.4 Å². The van der Waals surface area contributed by atoms with Crippen LogP contribution in [0.3, 0.4) is 0 Å². The van der Waals surface area contributed by atoms with Crippen LogP contribution < -0.4 is 25.8 Å². The van der Waals surface area contributed by atoms with Crippen molar-refractivity contribution in [2.45, 2.75) is 0 Å². The van der Waals surface area contributed by atoms with Gasteiger partial charge in [0.15, 0.2) is 0 Å². The molecule has 3 aromatic rings. The summed E-state index contributed by atoms with van der Waals surface area (Å²) in [5, 5.41) is 9.59. The van der Waals surface area contributed by atoms with Crippen molar-refractivity contribution < 1.29 is 9.21 Å². The fraction of sp³-hybridized carbons (Fsp3) is 0.364. The van der Waals surface area contributed by atoms with Crippen LogP contribution in [0.5, 0.6) is 0 Å². The molecule has 1 amide bonds. The van der Waals surface area contributed by atoms with Gasteiger partial charge in [0.2, 0.25) is 11.7 Å². The van der Waals surface area contributed by atoms with Crippen LogP contribution in [0.1, 0.15) is 10.6 Å². The number of hydrogen-bond donors (Lipinski definition) is 3. The molecule has 0 spiro atoms. The van der Waals surface area contributed by atoms with Crippen LogP contribution >= 0.6 is 0 Å². The summed E-state index contributed by atoms with van der Waals surface area (Å²) < 4.78 is 5.77. The van der Waals surface area contributed by atoms with E-state index in [1.165, 1.54) is 6.20 Å². The Balaban J connectivity index is 1.32. The van der Waals surface area contributed by atoms with Crippen molar-refractivity contribution in [3.05, 3.63) is 48.6 Å². The molecular weight excluding hydrogens is 408 g/mol. The van der Waals surface area contributed by atoms with Crippen molar-refractivity contribution in [2.24, 2.45) is 0 Å². The normalized spacial score (nSPS) is 16.8. The molecule has 3 aromatic heterocycles. The zero-order chi connectivity index (χ0) is 21.8. The Hall–Kier alpha value is -3.50. The van der Waals surface area contributed by atoms with Crippen LogP contribution in [0.15, 0.2) is 47.3 Å². The Bertz CT molecular complexity index is 1070. The fourth-order valence-corrected chi connectivity index (χ4v) is 3.96. The molecule has 2 saturated heterocycles. The Morgan fingerprint density at radius 3 is 2.50 bits per heavy atom. The van der Waals surface area contributed by atoms with E-state index in [-0.39, 0.29) is 11.7 Å². The van der Waals surface area contributed by atoms with E-state index in [2.05, 4.69) is 40.7 Å². The maximum atomic E-state index is 12.9. The number of nitrogens with one attached hydrogen (secondary N) is 3. The second kappa shape index (κ2) is 9.33. The lowest BCUT2D eigenvalue weighted by Gasteiger charge is -2.30. The summed E-state index contributed by atoms with van der Waals surface area (Å²) in [7, 11) is 0.